The predicted octanol–water partition coefficient (Wildman–Crippen LogP) is 1.98. The molecular formula is C16H23F2N3O3S. The highest BCUT2D eigenvalue weighted by atomic mass is 32.2. The van der Waals surface area contributed by atoms with Crippen molar-refractivity contribution in [2.45, 2.75) is 37.7 Å². The maximum absolute atomic E-state index is 15.0. The molecule has 0 aliphatic carbocycles. The second kappa shape index (κ2) is 7.03. The Morgan fingerprint density at radius 1 is 1.32 bits per heavy atom. The standard InChI is InChI=1S/C16H23F2N3O3S/c1-3-20(4-2)16-12(17)14-13(15(18)19-16)21(7-9-25(14,22)23)10-11-6-5-8-24-11/h11H,3-10H2,1-2H3/t11-/m0/s1. The Morgan fingerprint density at radius 2 is 2.04 bits per heavy atom. The van der Waals surface area contributed by atoms with Gasteiger partial charge in [-0.25, -0.2) is 12.8 Å². The molecule has 0 amide bonds. The molecule has 0 unspecified atom stereocenters. The molecule has 0 saturated carbocycles. The highest BCUT2D eigenvalue weighted by Crippen LogP contribution is 2.38. The first-order valence-electron chi connectivity index (χ1n) is 8.62. The Hall–Kier alpha value is -1.48. The number of aromatic nitrogens is 1. The van der Waals surface area contributed by atoms with Crippen molar-refractivity contribution < 1.29 is 21.9 Å². The summed E-state index contributed by atoms with van der Waals surface area (Å²) in [6.07, 6.45) is 1.64. The third-order valence-corrected chi connectivity index (χ3v) is 6.49. The van der Waals surface area contributed by atoms with Crippen molar-refractivity contribution in [1.82, 2.24) is 4.98 Å². The molecule has 1 aromatic heterocycles. The van der Waals surface area contributed by atoms with Crippen LogP contribution in [0.2, 0.25) is 0 Å². The molecule has 0 N–H and O–H groups in total. The fourth-order valence-corrected chi connectivity index (χ4v) is 4.98. The highest BCUT2D eigenvalue weighted by molar-refractivity contribution is 7.91. The molecule has 1 aromatic rings. The van der Waals surface area contributed by atoms with E-state index in [9.17, 15) is 12.8 Å². The van der Waals surface area contributed by atoms with Crippen LogP contribution >= 0.6 is 0 Å². The number of anilines is 2. The molecule has 1 saturated heterocycles. The lowest BCUT2D eigenvalue weighted by Crippen LogP contribution is -2.41. The number of nitrogens with zero attached hydrogens (tertiary/aromatic N) is 3. The number of halogens is 2. The van der Waals surface area contributed by atoms with E-state index in [0.717, 1.165) is 12.8 Å². The summed E-state index contributed by atoms with van der Waals surface area (Å²) >= 11 is 0. The van der Waals surface area contributed by atoms with Crippen LogP contribution in [0.25, 0.3) is 0 Å². The van der Waals surface area contributed by atoms with E-state index in [1.165, 1.54) is 4.90 Å². The van der Waals surface area contributed by atoms with Crippen molar-refractivity contribution in [3.05, 3.63) is 11.8 Å². The van der Waals surface area contributed by atoms with E-state index in [1.807, 2.05) is 0 Å². The normalized spacial score (nSPS) is 22.1. The van der Waals surface area contributed by atoms with Crippen molar-refractivity contribution in [2.24, 2.45) is 0 Å². The average molecular weight is 375 g/mol. The molecule has 1 fully saturated rings. The molecule has 3 heterocycles. The van der Waals surface area contributed by atoms with Crippen molar-refractivity contribution in [3.63, 3.8) is 0 Å². The van der Waals surface area contributed by atoms with Crippen LogP contribution in [-0.2, 0) is 14.6 Å². The molecule has 0 spiro atoms. The second-order valence-electron chi connectivity index (χ2n) is 6.29. The number of hydrogen-bond acceptors (Lipinski definition) is 6. The van der Waals surface area contributed by atoms with Crippen molar-refractivity contribution in [3.8, 4) is 0 Å². The van der Waals surface area contributed by atoms with Gasteiger partial charge in [-0.15, -0.1) is 0 Å². The molecule has 0 aromatic carbocycles. The van der Waals surface area contributed by atoms with Gasteiger partial charge in [-0.2, -0.15) is 9.37 Å². The van der Waals surface area contributed by atoms with Crippen LogP contribution in [0.15, 0.2) is 4.90 Å². The van der Waals surface area contributed by atoms with Gasteiger partial charge in [-0.3, -0.25) is 0 Å². The number of pyridine rings is 1. The zero-order valence-corrected chi connectivity index (χ0v) is 15.3. The molecule has 140 valence electrons. The lowest BCUT2D eigenvalue weighted by molar-refractivity contribution is 0.115. The first-order valence-corrected chi connectivity index (χ1v) is 10.3. The molecule has 2 aliphatic rings. The number of hydrogen-bond donors (Lipinski definition) is 0. The first kappa shape index (κ1) is 18.3. The Bertz CT molecular complexity index is 747. The Morgan fingerprint density at radius 3 is 2.64 bits per heavy atom. The number of ether oxygens (including phenoxy) is 1. The lowest BCUT2D eigenvalue weighted by atomic mass is 10.2. The summed E-state index contributed by atoms with van der Waals surface area (Å²) in [5.41, 5.74) is -0.254. The Kier molecular flexibility index (Phi) is 5.15. The third kappa shape index (κ3) is 3.31. The summed E-state index contributed by atoms with van der Waals surface area (Å²) in [6.45, 7) is 5.44. The molecule has 25 heavy (non-hydrogen) atoms. The number of rotatable bonds is 5. The highest BCUT2D eigenvalue weighted by Gasteiger charge is 2.38. The summed E-state index contributed by atoms with van der Waals surface area (Å²) in [6, 6.07) is 0. The van der Waals surface area contributed by atoms with Gasteiger partial charge in [0.2, 0.25) is 5.95 Å². The zero-order chi connectivity index (χ0) is 18.2. The van der Waals surface area contributed by atoms with E-state index in [-0.39, 0.29) is 29.9 Å². The van der Waals surface area contributed by atoms with Gasteiger partial charge < -0.3 is 14.5 Å². The van der Waals surface area contributed by atoms with E-state index in [0.29, 0.717) is 26.2 Å². The topological polar surface area (TPSA) is 62.7 Å². The molecule has 3 rings (SSSR count). The number of sulfone groups is 1. The van der Waals surface area contributed by atoms with Gasteiger partial charge in [0.15, 0.2) is 21.5 Å². The van der Waals surface area contributed by atoms with E-state index in [2.05, 4.69) is 4.98 Å². The van der Waals surface area contributed by atoms with Crippen molar-refractivity contribution in [1.29, 1.82) is 0 Å². The molecule has 0 radical (unpaired) electrons. The number of fused-ring (bicyclic) bond motifs is 1. The Labute approximate surface area is 146 Å². The maximum Gasteiger partial charge on any atom is 0.239 e. The molecule has 0 bridgehead atoms. The van der Waals surface area contributed by atoms with E-state index in [4.69, 9.17) is 4.74 Å². The SMILES string of the molecule is CCN(CC)c1nc(F)c2c(c1F)S(=O)(=O)CCN2C[C@@H]1CCCO1. The van der Waals surface area contributed by atoms with Gasteiger partial charge in [-0.1, -0.05) is 0 Å². The smallest absolute Gasteiger partial charge is 0.239 e. The van der Waals surface area contributed by atoms with Crippen LogP contribution in [0.1, 0.15) is 26.7 Å². The molecule has 6 nitrogen and oxygen atoms in total. The minimum absolute atomic E-state index is 0.0985. The molecule has 9 heteroatoms. The summed E-state index contributed by atoms with van der Waals surface area (Å²) in [7, 11) is -3.90. The van der Waals surface area contributed by atoms with E-state index in [1.54, 1.807) is 18.7 Å². The quantitative estimate of drug-likeness (QED) is 0.734. The predicted molar refractivity (Wildman–Crippen MR) is 91.0 cm³/mol. The molecule has 2 aliphatic heterocycles. The van der Waals surface area contributed by atoms with Gasteiger partial charge in [0.05, 0.1) is 11.9 Å². The summed E-state index contributed by atoms with van der Waals surface area (Å²) in [5.74, 6) is -2.40. The monoisotopic (exact) mass is 375 g/mol. The van der Waals surface area contributed by atoms with Crippen LogP contribution < -0.4 is 9.80 Å². The van der Waals surface area contributed by atoms with Crippen LogP contribution in [0, 0.1) is 11.8 Å². The Balaban J connectivity index is 2.10. The van der Waals surface area contributed by atoms with E-state index >= 15 is 4.39 Å². The summed E-state index contributed by atoms with van der Waals surface area (Å²) in [5, 5.41) is 0. The van der Waals surface area contributed by atoms with Gasteiger partial charge >= 0.3 is 0 Å². The van der Waals surface area contributed by atoms with Crippen LogP contribution in [0.3, 0.4) is 0 Å². The van der Waals surface area contributed by atoms with Gasteiger partial charge in [0.25, 0.3) is 0 Å². The fraction of sp³-hybridized carbons (Fsp3) is 0.688. The minimum atomic E-state index is -3.90. The van der Waals surface area contributed by atoms with Gasteiger partial charge in [-0.05, 0) is 26.7 Å². The van der Waals surface area contributed by atoms with Gasteiger partial charge in [0, 0.05) is 32.8 Å². The molecular weight excluding hydrogens is 352 g/mol. The zero-order valence-electron chi connectivity index (χ0n) is 14.5. The van der Waals surface area contributed by atoms with Crippen LogP contribution in [-0.4, -0.2) is 58.0 Å². The lowest BCUT2D eigenvalue weighted by Gasteiger charge is -2.33. The fourth-order valence-electron chi connectivity index (χ4n) is 3.45. The maximum atomic E-state index is 15.0. The average Bonchev–Trinajstić information content (AvgIpc) is 3.07. The second-order valence-corrected chi connectivity index (χ2v) is 8.34. The summed E-state index contributed by atoms with van der Waals surface area (Å²) in [4.78, 5) is 6.26. The van der Waals surface area contributed by atoms with Crippen molar-refractivity contribution in [2.75, 3.05) is 48.3 Å². The minimum Gasteiger partial charge on any atom is -0.376 e. The first-order chi connectivity index (χ1) is 11.9. The van der Waals surface area contributed by atoms with Crippen LogP contribution in [0.4, 0.5) is 20.3 Å². The van der Waals surface area contributed by atoms with E-state index < -0.39 is 26.5 Å². The van der Waals surface area contributed by atoms with Crippen LogP contribution in [0.5, 0.6) is 0 Å². The molecule has 1 atom stereocenters. The van der Waals surface area contributed by atoms with Gasteiger partial charge in [0.1, 0.15) is 10.6 Å². The van der Waals surface area contributed by atoms with Crippen molar-refractivity contribution >= 4 is 21.3 Å². The largest absolute Gasteiger partial charge is 0.376 e. The summed E-state index contributed by atoms with van der Waals surface area (Å²) < 4.78 is 60.3. The third-order valence-electron chi connectivity index (χ3n) is 4.78.